The molecule has 0 unspecified atom stereocenters. The van der Waals surface area contributed by atoms with Crippen molar-refractivity contribution in [2.45, 2.75) is 43.8 Å². The SMILES string of the molecule is CCCCc1nn(-c2ccccc2C(F)(F)F)c(=O)n1Cc1ccc(-c2ccccc2S(=O)(=O)NC(=O)c2sccc2Cl)cc1.[K]. The number of nitrogens with zero attached hydrogens (tertiary/aromatic N) is 3. The van der Waals surface area contributed by atoms with Crippen LogP contribution in [0.5, 0.6) is 0 Å². The zero-order valence-electron chi connectivity index (χ0n) is 24.7. The molecule has 0 bridgehead atoms. The minimum Gasteiger partial charge on any atom is -0.274 e. The molecule has 2 heterocycles. The quantitative estimate of drug-likeness (QED) is 0.165. The molecule has 3 aromatic carbocycles. The number of para-hydroxylation sites is 1. The summed E-state index contributed by atoms with van der Waals surface area (Å²) < 4.78 is 71.9. The molecule has 0 spiro atoms. The van der Waals surface area contributed by atoms with Crippen LogP contribution < -0.4 is 10.4 Å². The Morgan fingerprint density at radius 1 is 1.00 bits per heavy atom. The summed E-state index contributed by atoms with van der Waals surface area (Å²) in [6.07, 6.45) is -2.82. The van der Waals surface area contributed by atoms with Gasteiger partial charge in [-0.05, 0) is 47.2 Å². The summed E-state index contributed by atoms with van der Waals surface area (Å²) in [7, 11) is -4.29. The van der Waals surface area contributed by atoms with Gasteiger partial charge in [-0.3, -0.25) is 9.36 Å². The van der Waals surface area contributed by atoms with E-state index in [1.54, 1.807) is 41.8 Å². The zero-order chi connectivity index (χ0) is 32.4. The first kappa shape index (κ1) is 36.3. The molecule has 235 valence electrons. The molecule has 1 amide bonds. The van der Waals surface area contributed by atoms with E-state index in [4.69, 9.17) is 11.6 Å². The predicted octanol–water partition coefficient (Wildman–Crippen LogP) is 6.56. The molecule has 0 aliphatic heterocycles. The van der Waals surface area contributed by atoms with Gasteiger partial charge in [-0.15, -0.1) is 16.4 Å². The van der Waals surface area contributed by atoms with Crippen molar-refractivity contribution < 1.29 is 26.4 Å². The number of aromatic nitrogens is 3. The van der Waals surface area contributed by atoms with E-state index in [2.05, 4.69) is 9.82 Å². The molecule has 0 saturated carbocycles. The fourth-order valence-corrected chi connectivity index (χ4v) is 7.05. The molecule has 1 radical (unpaired) electrons. The van der Waals surface area contributed by atoms with E-state index in [9.17, 15) is 31.2 Å². The average Bonchev–Trinajstić information content (AvgIpc) is 3.58. The zero-order valence-corrected chi connectivity index (χ0v) is 30.2. The Hall–Kier alpha value is -2.56. The predicted molar refractivity (Wildman–Crippen MR) is 172 cm³/mol. The number of aryl methyl sites for hydroxylation is 1. The third-order valence-electron chi connectivity index (χ3n) is 6.96. The van der Waals surface area contributed by atoms with E-state index in [-0.39, 0.29) is 78.4 Å². The second kappa shape index (κ2) is 15.1. The Kier molecular flexibility index (Phi) is 11.9. The summed E-state index contributed by atoms with van der Waals surface area (Å²) in [5.41, 5.74) is -0.531. The molecule has 0 fully saturated rings. The standard InChI is InChI=1S/C31H26ClF3N4O4S2.K/c1-2-3-12-27-36-39(25-10-6-5-9-23(25)31(33,34)35)30(41)38(27)19-20-13-15-21(16-14-20)22-8-4-7-11-26(22)45(42,43)37-29(40)28-24(32)17-18-44-28;/h4-11,13-18H,2-3,12,19H2,1H3,(H,37,40);. The maximum atomic E-state index is 13.7. The van der Waals surface area contributed by atoms with Gasteiger partial charge in [0.25, 0.3) is 15.9 Å². The van der Waals surface area contributed by atoms with Crippen molar-refractivity contribution in [3.63, 3.8) is 0 Å². The largest absolute Gasteiger partial charge is 0.418 e. The summed E-state index contributed by atoms with van der Waals surface area (Å²) in [5.74, 6) is -0.496. The Balaban J connectivity index is 0.00000480. The minimum atomic E-state index is -4.68. The van der Waals surface area contributed by atoms with Crippen molar-refractivity contribution in [2.24, 2.45) is 0 Å². The van der Waals surface area contributed by atoms with E-state index in [1.165, 1.54) is 41.0 Å². The van der Waals surface area contributed by atoms with Crippen molar-refractivity contribution in [3.05, 3.63) is 122 Å². The number of carbonyl (C=O) groups excluding carboxylic acids is 1. The van der Waals surface area contributed by atoms with Crippen LogP contribution in [0, 0.1) is 0 Å². The van der Waals surface area contributed by atoms with Gasteiger partial charge >= 0.3 is 11.9 Å². The van der Waals surface area contributed by atoms with Gasteiger partial charge < -0.3 is 0 Å². The molecule has 0 aliphatic carbocycles. The molecule has 0 saturated heterocycles. The topological polar surface area (TPSA) is 103 Å². The molecular weight excluding hydrogens is 688 g/mol. The number of hydrogen-bond donors (Lipinski definition) is 1. The summed E-state index contributed by atoms with van der Waals surface area (Å²) in [5, 5.41) is 6.02. The molecule has 5 aromatic rings. The van der Waals surface area contributed by atoms with E-state index in [0.717, 1.165) is 28.5 Å². The van der Waals surface area contributed by atoms with Crippen LogP contribution in [0.1, 0.15) is 46.4 Å². The Bertz CT molecular complexity index is 2020. The maximum Gasteiger partial charge on any atom is 0.418 e. The number of unbranched alkanes of at least 4 members (excludes halogenated alkanes) is 1. The number of carbonyl (C=O) groups is 1. The van der Waals surface area contributed by atoms with Crippen LogP contribution in [0.4, 0.5) is 13.2 Å². The number of halogens is 4. The van der Waals surface area contributed by atoms with Crippen LogP contribution in [0.15, 0.2) is 93.9 Å². The van der Waals surface area contributed by atoms with Gasteiger partial charge in [0.2, 0.25) is 0 Å². The van der Waals surface area contributed by atoms with Gasteiger partial charge in [0, 0.05) is 63.4 Å². The Morgan fingerprint density at radius 3 is 2.33 bits per heavy atom. The van der Waals surface area contributed by atoms with Crippen molar-refractivity contribution in [2.75, 3.05) is 0 Å². The number of sulfonamides is 1. The van der Waals surface area contributed by atoms with Gasteiger partial charge in [-0.25, -0.2) is 17.9 Å². The molecule has 8 nitrogen and oxygen atoms in total. The molecule has 5 rings (SSSR count). The van der Waals surface area contributed by atoms with E-state index in [0.29, 0.717) is 35.4 Å². The van der Waals surface area contributed by atoms with Crippen molar-refractivity contribution in [3.8, 4) is 16.8 Å². The molecule has 0 atom stereocenters. The van der Waals surface area contributed by atoms with Gasteiger partial charge in [-0.1, -0.05) is 79.5 Å². The number of amides is 1. The van der Waals surface area contributed by atoms with Crippen LogP contribution in [0.2, 0.25) is 5.02 Å². The maximum absolute atomic E-state index is 13.7. The minimum absolute atomic E-state index is 0. The van der Waals surface area contributed by atoms with Gasteiger partial charge in [0.1, 0.15) is 10.7 Å². The van der Waals surface area contributed by atoms with Gasteiger partial charge in [-0.2, -0.15) is 17.9 Å². The fraction of sp³-hybridized carbons (Fsp3) is 0.194. The number of thiophene rings is 1. The summed E-state index contributed by atoms with van der Waals surface area (Å²) in [6.45, 7) is 1.99. The van der Waals surface area contributed by atoms with Crippen molar-refractivity contribution in [1.29, 1.82) is 0 Å². The summed E-state index contributed by atoms with van der Waals surface area (Å²) >= 11 is 7.01. The number of alkyl halides is 3. The number of nitrogens with one attached hydrogen (secondary N) is 1. The fourth-order valence-electron chi connectivity index (χ4n) is 4.76. The van der Waals surface area contributed by atoms with Crippen molar-refractivity contribution >= 4 is 90.3 Å². The Morgan fingerprint density at radius 2 is 1.67 bits per heavy atom. The smallest absolute Gasteiger partial charge is 0.274 e. The van der Waals surface area contributed by atoms with E-state index >= 15 is 0 Å². The van der Waals surface area contributed by atoms with Crippen LogP contribution >= 0.6 is 22.9 Å². The van der Waals surface area contributed by atoms with Crippen molar-refractivity contribution in [1.82, 2.24) is 19.1 Å². The molecule has 0 aliphatic rings. The van der Waals surface area contributed by atoms with E-state index < -0.39 is 33.4 Å². The third-order valence-corrected chi connectivity index (χ3v) is 9.69. The molecule has 15 heteroatoms. The van der Waals surface area contributed by atoms with Crippen LogP contribution in [0.25, 0.3) is 16.8 Å². The van der Waals surface area contributed by atoms with Gasteiger partial charge in [0.15, 0.2) is 0 Å². The Labute approximate surface area is 314 Å². The van der Waals surface area contributed by atoms with Gasteiger partial charge in [0.05, 0.1) is 27.7 Å². The first-order chi connectivity index (χ1) is 21.4. The van der Waals surface area contributed by atoms with E-state index in [1.807, 2.05) is 6.92 Å². The molecule has 46 heavy (non-hydrogen) atoms. The van der Waals surface area contributed by atoms with Crippen LogP contribution in [-0.4, -0.2) is 80.1 Å². The normalized spacial score (nSPS) is 11.7. The summed E-state index contributed by atoms with van der Waals surface area (Å²) in [4.78, 5) is 26.0. The first-order valence-electron chi connectivity index (χ1n) is 13.7. The third kappa shape index (κ3) is 7.93. The van der Waals surface area contributed by atoms with Crippen LogP contribution in [0.3, 0.4) is 0 Å². The molecule has 1 N–H and O–H groups in total. The number of hydrogen-bond acceptors (Lipinski definition) is 6. The second-order valence-corrected chi connectivity index (χ2v) is 13.0. The number of benzene rings is 3. The first-order valence-corrected chi connectivity index (χ1v) is 16.5. The average molecular weight is 714 g/mol. The summed E-state index contributed by atoms with van der Waals surface area (Å²) in [6, 6.07) is 19.2. The second-order valence-electron chi connectivity index (χ2n) is 10.0. The monoisotopic (exact) mass is 713 g/mol. The molecule has 2 aromatic heterocycles. The van der Waals surface area contributed by atoms with Crippen LogP contribution in [-0.2, 0) is 29.2 Å². The number of rotatable bonds is 10. The molecular formula is C31H26ClF3KN4O4S2.